The number of hydrogen-bond donors (Lipinski definition) is 3. The summed E-state index contributed by atoms with van der Waals surface area (Å²) in [6, 6.07) is 0. The molecule has 570 valence electrons. The highest BCUT2D eigenvalue weighted by Crippen LogP contribution is 2.45. The van der Waals surface area contributed by atoms with Crippen molar-refractivity contribution in [2.45, 2.75) is 419 Å². The molecule has 0 aliphatic heterocycles. The molecular weight excluding hydrogens is 1260 g/mol. The lowest BCUT2D eigenvalue weighted by Crippen LogP contribution is -2.30. The van der Waals surface area contributed by atoms with Gasteiger partial charge >= 0.3 is 39.5 Å². The van der Waals surface area contributed by atoms with E-state index < -0.39 is 97.5 Å². The Morgan fingerprint density at radius 3 is 0.708 bits per heavy atom. The van der Waals surface area contributed by atoms with Gasteiger partial charge in [-0.3, -0.25) is 37.3 Å². The quantitative estimate of drug-likeness (QED) is 0.0222. The van der Waals surface area contributed by atoms with Crippen LogP contribution >= 0.6 is 15.6 Å². The van der Waals surface area contributed by atoms with E-state index in [1.54, 1.807) is 0 Å². The largest absolute Gasteiger partial charge is 0.472 e. The molecule has 0 aliphatic carbocycles. The number of phosphoric ester groups is 2. The highest BCUT2D eigenvalue weighted by Gasteiger charge is 2.30. The van der Waals surface area contributed by atoms with Crippen LogP contribution in [0.2, 0.25) is 0 Å². The first-order valence-electron chi connectivity index (χ1n) is 40.0. The van der Waals surface area contributed by atoms with Gasteiger partial charge in [-0.2, -0.15) is 0 Å². The smallest absolute Gasteiger partial charge is 0.462 e. The standard InChI is InChI=1S/C77H150O17P2/c1-7-9-11-13-15-17-19-21-23-24-25-27-31-36-44-50-56-62-77(82)93-72(65-87-74(79)59-53-47-41-34-32-28-29-33-39-45-51-57-69(3)4)67-91-95(83,84)89-63-71(78)64-90-96(85,86)92-68-73(66-88-75(80)60-54-48-42-38-37-40-46-52-58-70(5)6)94-76(81)61-55-49-43-35-30-26-22-20-18-16-14-12-10-8-2/h69-73,78H,7-68H2,1-6H3,(H,83,84)(H,85,86)/t71-,72-,73-/m1/s1. The Morgan fingerprint density at radius 2 is 0.479 bits per heavy atom. The van der Waals surface area contributed by atoms with E-state index in [0.29, 0.717) is 25.7 Å². The van der Waals surface area contributed by atoms with E-state index in [9.17, 15) is 43.2 Å². The lowest BCUT2D eigenvalue weighted by Gasteiger charge is -2.21. The maximum atomic E-state index is 13.1. The normalized spacial score (nSPS) is 14.0. The molecule has 17 nitrogen and oxygen atoms in total. The van der Waals surface area contributed by atoms with Crippen molar-refractivity contribution in [2.24, 2.45) is 11.8 Å². The molecule has 0 saturated carbocycles. The molecule has 0 aromatic heterocycles. The summed E-state index contributed by atoms with van der Waals surface area (Å²) < 4.78 is 68.6. The number of aliphatic hydroxyl groups is 1. The molecule has 2 unspecified atom stereocenters. The molecule has 0 heterocycles. The molecule has 0 amide bonds. The first kappa shape index (κ1) is 94.1. The average molecular weight is 1410 g/mol. The molecule has 5 atom stereocenters. The molecule has 0 fully saturated rings. The predicted molar refractivity (Wildman–Crippen MR) is 391 cm³/mol. The summed E-state index contributed by atoms with van der Waals surface area (Å²) in [5.41, 5.74) is 0. The van der Waals surface area contributed by atoms with Crippen LogP contribution < -0.4 is 0 Å². The Bertz CT molecular complexity index is 1860. The van der Waals surface area contributed by atoms with Gasteiger partial charge in [0.1, 0.15) is 19.3 Å². The molecule has 96 heavy (non-hydrogen) atoms. The fourth-order valence-electron chi connectivity index (χ4n) is 11.8. The summed E-state index contributed by atoms with van der Waals surface area (Å²) in [6.45, 7) is 9.58. The van der Waals surface area contributed by atoms with Gasteiger partial charge in [0, 0.05) is 25.7 Å². The Morgan fingerprint density at radius 1 is 0.281 bits per heavy atom. The van der Waals surface area contributed by atoms with Gasteiger partial charge in [-0.15, -0.1) is 0 Å². The maximum Gasteiger partial charge on any atom is 0.472 e. The number of ether oxygens (including phenoxy) is 4. The Hall–Kier alpha value is -1.94. The van der Waals surface area contributed by atoms with Gasteiger partial charge < -0.3 is 33.8 Å². The van der Waals surface area contributed by atoms with Crippen LogP contribution in [0.5, 0.6) is 0 Å². The molecule has 0 spiro atoms. The third-order valence-electron chi connectivity index (χ3n) is 18.0. The van der Waals surface area contributed by atoms with Crippen molar-refractivity contribution in [3.8, 4) is 0 Å². The second-order valence-electron chi connectivity index (χ2n) is 28.7. The Balaban J connectivity index is 5.26. The van der Waals surface area contributed by atoms with Crippen LogP contribution in [0, 0.1) is 11.8 Å². The molecule has 19 heteroatoms. The minimum atomic E-state index is -4.96. The zero-order valence-corrected chi connectivity index (χ0v) is 64.5. The predicted octanol–water partition coefficient (Wildman–Crippen LogP) is 22.7. The van der Waals surface area contributed by atoms with Crippen LogP contribution in [0.25, 0.3) is 0 Å². The number of esters is 4. The number of carbonyl (C=O) groups excluding carboxylic acids is 4. The van der Waals surface area contributed by atoms with Crippen molar-refractivity contribution in [3.63, 3.8) is 0 Å². The molecule has 0 rings (SSSR count). The molecule has 0 aromatic rings. The number of aliphatic hydroxyl groups excluding tert-OH is 1. The second kappa shape index (κ2) is 68.8. The van der Waals surface area contributed by atoms with Gasteiger partial charge in [0.15, 0.2) is 12.2 Å². The van der Waals surface area contributed by atoms with Crippen molar-refractivity contribution >= 4 is 39.5 Å². The first-order chi connectivity index (χ1) is 46.4. The summed E-state index contributed by atoms with van der Waals surface area (Å²) in [4.78, 5) is 72.9. The van der Waals surface area contributed by atoms with E-state index in [-0.39, 0.29) is 25.7 Å². The van der Waals surface area contributed by atoms with Crippen LogP contribution in [0.1, 0.15) is 401 Å². The van der Waals surface area contributed by atoms with Gasteiger partial charge in [0.05, 0.1) is 26.4 Å². The van der Waals surface area contributed by atoms with E-state index in [2.05, 4.69) is 41.5 Å². The number of carbonyl (C=O) groups is 4. The van der Waals surface area contributed by atoms with Crippen molar-refractivity contribution in [1.29, 1.82) is 0 Å². The van der Waals surface area contributed by atoms with Crippen LogP contribution in [0.4, 0.5) is 0 Å². The lowest BCUT2D eigenvalue weighted by molar-refractivity contribution is -0.161. The summed E-state index contributed by atoms with van der Waals surface area (Å²) in [7, 11) is -9.91. The summed E-state index contributed by atoms with van der Waals surface area (Å²) in [5.74, 6) is -0.615. The second-order valence-corrected chi connectivity index (χ2v) is 31.6. The Labute approximate surface area is 588 Å². The number of phosphoric acid groups is 2. The van der Waals surface area contributed by atoms with E-state index in [4.69, 9.17) is 37.0 Å². The monoisotopic (exact) mass is 1410 g/mol. The van der Waals surface area contributed by atoms with Gasteiger partial charge in [-0.25, -0.2) is 9.13 Å². The maximum absolute atomic E-state index is 13.1. The van der Waals surface area contributed by atoms with Crippen LogP contribution in [0.3, 0.4) is 0 Å². The number of rotatable bonds is 76. The number of unbranched alkanes of at least 4 members (excludes halogenated alkanes) is 46. The SMILES string of the molecule is CCCCCCCCCCCCCCCCCCCC(=O)O[C@H](COC(=O)CCCCCCCCCCCCCC(C)C)COP(=O)(O)OC[C@@H](O)COP(=O)(O)OC[C@@H](COC(=O)CCCCCCCCCCC(C)C)OC(=O)CCCCCCCCCCCCCCCC. The van der Waals surface area contributed by atoms with Crippen molar-refractivity contribution < 1.29 is 80.2 Å². The van der Waals surface area contributed by atoms with E-state index in [1.807, 2.05) is 0 Å². The lowest BCUT2D eigenvalue weighted by atomic mass is 10.0. The molecule has 0 aromatic carbocycles. The highest BCUT2D eigenvalue weighted by atomic mass is 31.2. The fourth-order valence-corrected chi connectivity index (χ4v) is 13.4. The molecule has 0 bridgehead atoms. The average Bonchev–Trinajstić information content (AvgIpc) is 1.23. The van der Waals surface area contributed by atoms with E-state index in [0.717, 1.165) is 102 Å². The third-order valence-corrected chi connectivity index (χ3v) is 19.9. The van der Waals surface area contributed by atoms with Crippen LogP contribution in [-0.2, 0) is 65.4 Å². The zero-order chi connectivity index (χ0) is 70.7. The van der Waals surface area contributed by atoms with Crippen molar-refractivity contribution in [3.05, 3.63) is 0 Å². The van der Waals surface area contributed by atoms with Crippen molar-refractivity contribution in [2.75, 3.05) is 39.6 Å². The highest BCUT2D eigenvalue weighted by molar-refractivity contribution is 7.47. The van der Waals surface area contributed by atoms with Gasteiger partial charge in [-0.1, -0.05) is 350 Å². The molecule has 0 aliphatic rings. The van der Waals surface area contributed by atoms with E-state index in [1.165, 1.54) is 218 Å². The number of hydrogen-bond acceptors (Lipinski definition) is 15. The summed E-state index contributed by atoms with van der Waals surface area (Å²) >= 11 is 0. The third kappa shape index (κ3) is 70.5. The van der Waals surface area contributed by atoms with Gasteiger partial charge in [-0.05, 0) is 37.5 Å². The van der Waals surface area contributed by atoms with E-state index >= 15 is 0 Å². The topological polar surface area (TPSA) is 237 Å². The van der Waals surface area contributed by atoms with Crippen LogP contribution in [0.15, 0.2) is 0 Å². The molecule has 0 radical (unpaired) electrons. The first-order valence-corrected chi connectivity index (χ1v) is 43.0. The molecular formula is C77H150O17P2. The summed E-state index contributed by atoms with van der Waals surface area (Å²) in [5, 5.41) is 10.6. The van der Waals surface area contributed by atoms with Gasteiger partial charge in [0.2, 0.25) is 0 Å². The zero-order valence-electron chi connectivity index (χ0n) is 62.7. The molecule has 0 saturated heterocycles. The van der Waals surface area contributed by atoms with Crippen LogP contribution in [-0.4, -0.2) is 96.7 Å². The summed E-state index contributed by atoms with van der Waals surface area (Å²) in [6.07, 6.45) is 56.8. The molecule has 3 N–H and O–H groups in total. The minimum Gasteiger partial charge on any atom is -0.462 e. The Kier molecular flexibility index (Phi) is 67.4. The fraction of sp³-hybridized carbons (Fsp3) is 0.948. The van der Waals surface area contributed by atoms with Gasteiger partial charge in [0.25, 0.3) is 0 Å². The minimum absolute atomic E-state index is 0.107. The van der Waals surface area contributed by atoms with Crippen molar-refractivity contribution in [1.82, 2.24) is 0 Å².